The Morgan fingerprint density at radius 3 is 2.55 bits per heavy atom. The van der Waals surface area contributed by atoms with Crippen molar-refractivity contribution in [2.75, 3.05) is 30.3 Å². The molecule has 2 aromatic carbocycles. The van der Waals surface area contributed by atoms with Crippen molar-refractivity contribution in [3.8, 4) is 22.3 Å². The lowest BCUT2D eigenvalue weighted by atomic mass is 9.94. The lowest BCUT2D eigenvalue weighted by Gasteiger charge is -2.19. The maximum atomic E-state index is 14.7. The Labute approximate surface area is 178 Å². The molecule has 1 aromatic heterocycles. The van der Waals surface area contributed by atoms with Crippen LogP contribution in [0.4, 0.5) is 20.3 Å². The van der Waals surface area contributed by atoms with Crippen LogP contribution in [0.2, 0.25) is 0 Å². The number of benzene rings is 2. The minimum absolute atomic E-state index is 0.0872. The van der Waals surface area contributed by atoms with Gasteiger partial charge in [0.15, 0.2) is 0 Å². The van der Waals surface area contributed by atoms with E-state index in [1.165, 1.54) is 0 Å². The number of fused-ring (bicyclic) bond motifs is 1. The molecule has 2 aliphatic rings. The Morgan fingerprint density at radius 2 is 1.81 bits per heavy atom. The Morgan fingerprint density at radius 1 is 1.03 bits per heavy atom. The van der Waals surface area contributed by atoms with Crippen LogP contribution >= 0.6 is 0 Å². The molecular formula is C24H22F2N4O. The number of pyridine rings is 1. The Kier molecular flexibility index (Phi) is 4.81. The number of nitrogens with zero attached hydrogens (tertiary/aromatic N) is 2. The predicted octanol–water partition coefficient (Wildman–Crippen LogP) is 3.97. The number of amides is 1. The molecule has 158 valence electrons. The quantitative estimate of drug-likeness (QED) is 0.629. The monoisotopic (exact) mass is 420 g/mol. The van der Waals surface area contributed by atoms with Crippen molar-refractivity contribution in [3.63, 3.8) is 0 Å². The highest BCUT2D eigenvalue weighted by atomic mass is 19.1. The number of nitrogens with two attached hydrogens (primary N) is 1. The fourth-order valence-corrected chi connectivity index (χ4v) is 4.34. The van der Waals surface area contributed by atoms with Gasteiger partial charge in [-0.25, -0.2) is 9.37 Å². The van der Waals surface area contributed by atoms with E-state index in [0.29, 0.717) is 48.3 Å². The molecule has 7 heteroatoms. The molecule has 1 atom stereocenters. The fourth-order valence-electron chi connectivity index (χ4n) is 4.34. The number of anilines is 2. The molecule has 1 fully saturated rings. The fraction of sp³-hybridized carbons (Fsp3) is 0.250. The lowest BCUT2D eigenvalue weighted by Crippen LogP contribution is -2.31. The number of rotatable bonds is 3. The summed E-state index contributed by atoms with van der Waals surface area (Å²) >= 11 is 0. The molecule has 5 nitrogen and oxygen atoms in total. The number of halogens is 2. The molecule has 3 heterocycles. The number of aromatic nitrogens is 1. The summed E-state index contributed by atoms with van der Waals surface area (Å²) in [6.45, 7) is 1.65. The first-order valence-corrected chi connectivity index (χ1v) is 10.4. The summed E-state index contributed by atoms with van der Waals surface area (Å²) < 4.78 is 28.2. The van der Waals surface area contributed by atoms with Gasteiger partial charge in [-0.15, -0.1) is 0 Å². The van der Waals surface area contributed by atoms with Crippen LogP contribution in [-0.4, -0.2) is 36.7 Å². The van der Waals surface area contributed by atoms with Crippen LogP contribution in [0.5, 0.6) is 0 Å². The van der Waals surface area contributed by atoms with Crippen LogP contribution in [0.3, 0.4) is 0 Å². The molecule has 0 spiro atoms. The zero-order valence-corrected chi connectivity index (χ0v) is 16.9. The van der Waals surface area contributed by atoms with Gasteiger partial charge in [0, 0.05) is 42.0 Å². The number of hydrogen-bond acceptors (Lipinski definition) is 4. The normalized spacial score (nSPS) is 18.1. The van der Waals surface area contributed by atoms with Crippen molar-refractivity contribution in [2.24, 2.45) is 0 Å². The van der Waals surface area contributed by atoms with E-state index in [4.69, 9.17) is 5.73 Å². The second-order valence-electron chi connectivity index (χ2n) is 8.02. The highest BCUT2D eigenvalue weighted by molar-refractivity contribution is 5.97. The molecule has 1 unspecified atom stereocenters. The predicted molar refractivity (Wildman–Crippen MR) is 117 cm³/mol. The van der Waals surface area contributed by atoms with E-state index >= 15 is 0 Å². The van der Waals surface area contributed by atoms with Crippen LogP contribution in [0, 0.1) is 5.95 Å². The van der Waals surface area contributed by atoms with Gasteiger partial charge in [0.1, 0.15) is 12.0 Å². The maximum absolute atomic E-state index is 14.7. The number of alkyl halides is 1. The number of carbonyl (C=O) groups excluding carboxylic acids is 1. The molecule has 0 radical (unpaired) electrons. The molecule has 3 aromatic rings. The van der Waals surface area contributed by atoms with Crippen molar-refractivity contribution in [2.45, 2.75) is 19.0 Å². The van der Waals surface area contributed by atoms with Crippen LogP contribution in [0.25, 0.3) is 22.3 Å². The Balaban J connectivity index is 1.50. The van der Waals surface area contributed by atoms with E-state index in [1.54, 1.807) is 12.1 Å². The molecule has 2 aliphatic heterocycles. The molecule has 0 bridgehead atoms. The molecule has 5 rings (SSSR count). The van der Waals surface area contributed by atoms with E-state index in [2.05, 4.69) is 10.3 Å². The lowest BCUT2D eigenvalue weighted by molar-refractivity contribution is 0.0946. The van der Waals surface area contributed by atoms with Gasteiger partial charge in [0.2, 0.25) is 5.95 Å². The number of nitrogens with one attached hydrogen (secondary N) is 1. The average molecular weight is 420 g/mol. The number of carbonyl (C=O) groups is 1. The van der Waals surface area contributed by atoms with Crippen molar-refractivity contribution in [3.05, 3.63) is 65.6 Å². The molecule has 1 saturated heterocycles. The van der Waals surface area contributed by atoms with E-state index in [1.807, 2.05) is 41.3 Å². The van der Waals surface area contributed by atoms with E-state index in [9.17, 15) is 13.6 Å². The summed E-state index contributed by atoms with van der Waals surface area (Å²) in [6.07, 6.45) is 0.460. The van der Waals surface area contributed by atoms with E-state index in [0.717, 1.165) is 23.2 Å². The van der Waals surface area contributed by atoms with Gasteiger partial charge in [-0.3, -0.25) is 4.79 Å². The SMILES string of the molecule is Nc1nc(F)c(-c2ccc(N3CCC(F)C3)cc2)cc1-c1ccc2c(c1)CCNC2=O. The van der Waals surface area contributed by atoms with E-state index in [-0.39, 0.29) is 11.7 Å². The Bertz CT molecular complexity index is 1160. The molecule has 0 aliphatic carbocycles. The molecule has 31 heavy (non-hydrogen) atoms. The maximum Gasteiger partial charge on any atom is 0.251 e. The van der Waals surface area contributed by atoms with Crippen molar-refractivity contribution < 1.29 is 13.6 Å². The van der Waals surface area contributed by atoms with Gasteiger partial charge in [0.25, 0.3) is 5.91 Å². The third-order valence-electron chi connectivity index (χ3n) is 6.02. The van der Waals surface area contributed by atoms with E-state index < -0.39 is 12.1 Å². The minimum atomic E-state index is -0.802. The smallest absolute Gasteiger partial charge is 0.251 e. The first-order valence-electron chi connectivity index (χ1n) is 10.4. The summed E-state index contributed by atoms with van der Waals surface area (Å²) in [7, 11) is 0. The van der Waals surface area contributed by atoms with Crippen molar-refractivity contribution >= 4 is 17.4 Å². The molecule has 0 saturated carbocycles. The van der Waals surface area contributed by atoms with Gasteiger partial charge in [-0.2, -0.15) is 4.39 Å². The van der Waals surface area contributed by atoms with Crippen molar-refractivity contribution in [1.82, 2.24) is 10.3 Å². The highest BCUT2D eigenvalue weighted by Gasteiger charge is 2.22. The van der Waals surface area contributed by atoms with Gasteiger partial charge in [0.05, 0.1) is 0 Å². The number of hydrogen-bond donors (Lipinski definition) is 2. The topological polar surface area (TPSA) is 71.2 Å². The van der Waals surface area contributed by atoms with Gasteiger partial charge in [-0.1, -0.05) is 24.3 Å². The molecule has 1 amide bonds. The first kappa shape index (κ1) is 19.5. The summed E-state index contributed by atoms with van der Waals surface area (Å²) in [4.78, 5) is 17.9. The van der Waals surface area contributed by atoms with Crippen LogP contribution < -0.4 is 16.0 Å². The standard InChI is InChI=1S/C24H22F2N4O/c25-17-8-10-30(13-17)18-4-1-14(2-5-18)20-12-21(23(27)29-22(20)26)15-3-6-19-16(11-15)7-9-28-24(19)31/h1-6,11-12,17H,7-10,13H2,(H2,27,29)(H,28,31). The summed E-state index contributed by atoms with van der Waals surface area (Å²) in [6, 6.07) is 14.6. The average Bonchev–Trinajstić information content (AvgIpc) is 3.20. The summed E-state index contributed by atoms with van der Waals surface area (Å²) in [5.74, 6) is -0.628. The summed E-state index contributed by atoms with van der Waals surface area (Å²) in [5.41, 5.74) is 11.0. The minimum Gasteiger partial charge on any atom is -0.383 e. The third kappa shape index (κ3) is 3.60. The second-order valence-corrected chi connectivity index (χ2v) is 8.02. The molecular weight excluding hydrogens is 398 g/mol. The van der Waals surface area contributed by atoms with Gasteiger partial charge < -0.3 is 16.0 Å². The van der Waals surface area contributed by atoms with Crippen LogP contribution in [0.15, 0.2) is 48.5 Å². The summed E-state index contributed by atoms with van der Waals surface area (Å²) in [5, 5.41) is 2.82. The zero-order chi connectivity index (χ0) is 21.5. The van der Waals surface area contributed by atoms with Gasteiger partial charge in [-0.05, 0) is 53.8 Å². The first-order chi connectivity index (χ1) is 15.0. The highest BCUT2D eigenvalue weighted by Crippen LogP contribution is 2.34. The molecule has 3 N–H and O–H groups in total. The third-order valence-corrected chi connectivity index (χ3v) is 6.02. The number of nitrogen functional groups attached to an aromatic ring is 1. The van der Waals surface area contributed by atoms with Crippen LogP contribution in [0.1, 0.15) is 22.3 Å². The van der Waals surface area contributed by atoms with Gasteiger partial charge >= 0.3 is 0 Å². The van der Waals surface area contributed by atoms with Crippen LogP contribution in [-0.2, 0) is 6.42 Å². The second kappa shape index (κ2) is 7.65. The zero-order valence-electron chi connectivity index (χ0n) is 16.9. The largest absolute Gasteiger partial charge is 0.383 e. The van der Waals surface area contributed by atoms with Crippen molar-refractivity contribution in [1.29, 1.82) is 0 Å². The Hall–Kier alpha value is -3.48.